The Labute approximate surface area is 175 Å². The average molecular weight is 437 g/mol. The van der Waals surface area contributed by atoms with Crippen LogP contribution in [-0.2, 0) is 28.7 Å². The molecule has 0 rings (SSSR count). The van der Waals surface area contributed by atoms with E-state index in [0.29, 0.717) is 0 Å². The topological polar surface area (TPSA) is 111 Å². The molecule has 2 atom stereocenters. The largest absolute Gasteiger partial charge is 0.467 e. The fourth-order valence-corrected chi connectivity index (χ4v) is 4.83. The maximum atomic E-state index is 12.2. The predicted molar refractivity (Wildman–Crippen MR) is 112 cm³/mol. The van der Waals surface area contributed by atoms with Crippen LogP contribution in [0.5, 0.6) is 0 Å². The second-order valence-electron chi connectivity index (χ2n) is 7.46. The lowest BCUT2D eigenvalue weighted by Gasteiger charge is -2.30. The molecule has 0 unspecified atom stereocenters. The van der Waals surface area contributed by atoms with Crippen LogP contribution in [0, 0.1) is 11.8 Å². The standard InChI is InChI=1S/C18H32N2O6S2/c1-11(2)13(21)19-17(5,15(23)25-7)9-27-28-10-18(6,16(24)26-8)20-14(22)12(3)4/h11-12H,9-10H2,1-8H3,(H,19,21)(H,20,22)/t17-,18-/m0/s1. The van der Waals surface area contributed by atoms with Crippen LogP contribution < -0.4 is 10.6 Å². The van der Waals surface area contributed by atoms with Gasteiger partial charge in [-0.3, -0.25) is 9.59 Å². The first-order valence-corrected chi connectivity index (χ1v) is 11.4. The van der Waals surface area contributed by atoms with Crippen LogP contribution in [0.15, 0.2) is 0 Å². The molecule has 0 radical (unpaired) electrons. The summed E-state index contributed by atoms with van der Waals surface area (Å²) in [7, 11) is 5.10. The predicted octanol–water partition coefficient (Wildman–Crippen LogP) is 1.78. The van der Waals surface area contributed by atoms with E-state index in [1.165, 1.54) is 35.8 Å². The molecule has 0 fully saturated rings. The highest BCUT2D eigenvalue weighted by Gasteiger charge is 2.39. The van der Waals surface area contributed by atoms with E-state index in [2.05, 4.69) is 10.6 Å². The maximum Gasteiger partial charge on any atom is 0.332 e. The van der Waals surface area contributed by atoms with Crippen molar-refractivity contribution in [3.63, 3.8) is 0 Å². The van der Waals surface area contributed by atoms with Crippen LogP contribution in [0.4, 0.5) is 0 Å². The second-order valence-corrected chi connectivity index (χ2v) is 9.92. The van der Waals surface area contributed by atoms with Crippen molar-refractivity contribution >= 4 is 45.3 Å². The third-order valence-electron chi connectivity index (χ3n) is 3.90. The normalized spacial score (nSPS) is 15.4. The molecule has 28 heavy (non-hydrogen) atoms. The van der Waals surface area contributed by atoms with Gasteiger partial charge < -0.3 is 20.1 Å². The highest BCUT2D eigenvalue weighted by Crippen LogP contribution is 2.30. The smallest absolute Gasteiger partial charge is 0.332 e. The van der Waals surface area contributed by atoms with Gasteiger partial charge in [-0.2, -0.15) is 0 Å². The number of carbonyl (C=O) groups is 4. The molecular formula is C18H32N2O6S2. The molecule has 0 aliphatic rings. The third kappa shape index (κ3) is 7.90. The highest BCUT2D eigenvalue weighted by atomic mass is 33.1. The first-order chi connectivity index (χ1) is 12.8. The van der Waals surface area contributed by atoms with Gasteiger partial charge in [-0.15, -0.1) is 0 Å². The van der Waals surface area contributed by atoms with Crippen LogP contribution in [0.1, 0.15) is 41.5 Å². The zero-order chi connectivity index (χ0) is 22.1. The summed E-state index contributed by atoms with van der Waals surface area (Å²) in [6, 6.07) is 0. The molecule has 0 saturated carbocycles. The van der Waals surface area contributed by atoms with E-state index < -0.39 is 23.0 Å². The Morgan fingerprint density at radius 1 is 0.750 bits per heavy atom. The molecule has 10 heteroatoms. The lowest BCUT2D eigenvalue weighted by molar-refractivity contribution is -0.149. The van der Waals surface area contributed by atoms with E-state index in [-0.39, 0.29) is 35.2 Å². The molecule has 0 bridgehead atoms. The Bertz CT molecular complexity index is 534. The minimum atomic E-state index is -1.21. The van der Waals surface area contributed by atoms with Gasteiger partial charge in [-0.05, 0) is 13.8 Å². The number of amides is 2. The van der Waals surface area contributed by atoms with E-state index in [4.69, 9.17) is 9.47 Å². The number of rotatable bonds is 11. The van der Waals surface area contributed by atoms with Crippen LogP contribution in [-0.4, -0.2) is 60.6 Å². The van der Waals surface area contributed by atoms with Crippen molar-refractivity contribution in [3.05, 3.63) is 0 Å². The number of methoxy groups -OCH3 is 2. The molecule has 0 aromatic heterocycles. The summed E-state index contributed by atoms with van der Waals surface area (Å²) in [4.78, 5) is 48.4. The minimum Gasteiger partial charge on any atom is -0.467 e. The van der Waals surface area contributed by atoms with E-state index >= 15 is 0 Å². The van der Waals surface area contributed by atoms with Gasteiger partial charge in [0.05, 0.1) is 14.2 Å². The molecule has 162 valence electrons. The number of esters is 2. The Morgan fingerprint density at radius 3 is 1.25 bits per heavy atom. The first kappa shape index (κ1) is 26.6. The minimum absolute atomic E-state index is 0.220. The average Bonchev–Trinajstić information content (AvgIpc) is 2.63. The summed E-state index contributed by atoms with van der Waals surface area (Å²) < 4.78 is 9.64. The summed E-state index contributed by atoms with van der Waals surface area (Å²) in [5.41, 5.74) is -2.42. The summed E-state index contributed by atoms with van der Waals surface area (Å²) in [5.74, 6) is -1.76. The van der Waals surface area contributed by atoms with Crippen LogP contribution in [0.25, 0.3) is 0 Å². The Balaban J connectivity index is 5.05. The molecule has 2 amide bonds. The molecule has 0 aromatic rings. The molecule has 0 aliphatic carbocycles. The van der Waals surface area contributed by atoms with Crippen molar-refractivity contribution in [2.75, 3.05) is 25.7 Å². The number of carbonyl (C=O) groups excluding carboxylic acids is 4. The summed E-state index contributed by atoms with van der Waals surface area (Å²) in [6.45, 7) is 10.1. The van der Waals surface area contributed by atoms with Crippen molar-refractivity contribution in [2.45, 2.75) is 52.6 Å². The van der Waals surface area contributed by atoms with Gasteiger partial charge in [-0.25, -0.2) is 9.59 Å². The van der Waals surface area contributed by atoms with Gasteiger partial charge in [0.25, 0.3) is 0 Å². The van der Waals surface area contributed by atoms with Gasteiger partial charge in [0.1, 0.15) is 11.1 Å². The van der Waals surface area contributed by atoms with Crippen molar-refractivity contribution < 1.29 is 28.7 Å². The van der Waals surface area contributed by atoms with Crippen LogP contribution >= 0.6 is 21.6 Å². The lowest BCUT2D eigenvalue weighted by Crippen LogP contribution is -2.56. The van der Waals surface area contributed by atoms with E-state index in [0.717, 1.165) is 0 Å². The molecule has 2 N–H and O–H groups in total. The van der Waals surface area contributed by atoms with Crippen LogP contribution in [0.3, 0.4) is 0 Å². The zero-order valence-electron chi connectivity index (χ0n) is 17.8. The SMILES string of the molecule is COC(=O)[C@](C)(CSSC[C@](C)(NC(=O)C(C)C)C(=O)OC)NC(=O)C(C)C. The van der Waals surface area contributed by atoms with Crippen molar-refractivity contribution in [1.82, 2.24) is 10.6 Å². The Morgan fingerprint density at radius 2 is 1.04 bits per heavy atom. The number of ether oxygens (including phenoxy) is 2. The van der Waals surface area contributed by atoms with Gasteiger partial charge in [-0.1, -0.05) is 49.3 Å². The number of nitrogens with one attached hydrogen (secondary N) is 2. The van der Waals surface area contributed by atoms with E-state index in [1.54, 1.807) is 41.5 Å². The molecule has 0 heterocycles. The van der Waals surface area contributed by atoms with Gasteiger partial charge in [0.2, 0.25) is 11.8 Å². The monoisotopic (exact) mass is 436 g/mol. The first-order valence-electron chi connectivity index (χ1n) is 8.88. The highest BCUT2D eigenvalue weighted by molar-refractivity contribution is 8.76. The summed E-state index contributed by atoms with van der Waals surface area (Å²) in [6.07, 6.45) is 0. The van der Waals surface area contributed by atoms with Gasteiger partial charge in [0, 0.05) is 23.3 Å². The molecule has 0 aliphatic heterocycles. The Kier molecular flexibility index (Phi) is 11.0. The number of hydrogen-bond donors (Lipinski definition) is 2. The number of hydrogen-bond acceptors (Lipinski definition) is 8. The van der Waals surface area contributed by atoms with Crippen molar-refractivity contribution in [3.8, 4) is 0 Å². The van der Waals surface area contributed by atoms with Crippen molar-refractivity contribution in [1.29, 1.82) is 0 Å². The third-order valence-corrected chi connectivity index (χ3v) is 6.66. The summed E-state index contributed by atoms with van der Waals surface area (Å²) >= 11 is 0. The van der Waals surface area contributed by atoms with Gasteiger partial charge in [0.15, 0.2) is 0 Å². The fraction of sp³-hybridized carbons (Fsp3) is 0.778. The second kappa shape index (κ2) is 11.5. The molecule has 8 nitrogen and oxygen atoms in total. The molecule has 0 spiro atoms. The quantitative estimate of drug-likeness (QED) is 0.286. The van der Waals surface area contributed by atoms with Gasteiger partial charge >= 0.3 is 11.9 Å². The lowest BCUT2D eigenvalue weighted by atomic mass is 10.0. The molecule has 0 saturated heterocycles. The van der Waals surface area contributed by atoms with E-state index in [1.807, 2.05) is 0 Å². The fourth-order valence-electron chi connectivity index (χ4n) is 1.89. The molecule has 0 aromatic carbocycles. The van der Waals surface area contributed by atoms with Crippen molar-refractivity contribution in [2.24, 2.45) is 11.8 Å². The maximum absolute atomic E-state index is 12.2. The zero-order valence-corrected chi connectivity index (χ0v) is 19.5. The molecular weight excluding hydrogens is 404 g/mol. The summed E-state index contributed by atoms with van der Waals surface area (Å²) in [5, 5.41) is 5.43. The van der Waals surface area contributed by atoms with E-state index in [9.17, 15) is 19.2 Å². The Hall–Kier alpha value is -1.42. The van der Waals surface area contributed by atoms with Crippen LogP contribution in [0.2, 0.25) is 0 Å².